The Morgan fingerprint density at radius 1 is 1.58 bits per heavy atom. The van der Waals surface area contributed by atoms with Gasteiger partial charge in [-0.05, 0) is 12.1 Å². The smallest absolute Gasteiger partial charge is 0.353 e. The Labute approximate surface area is 68.4 Å². The molecule has 0 saturated carbocycles. The molecule has 0 amide bonds. The zero-order valence-electron chi connectivity index (χ0n) is 5.84. The number of aromatic carboxylic acids is 1. The second kappa shape index (κ2) is 2.61. The highest BCUT2D eigenvalue weighted by molar-refractivity contribution is 7.87. The van der Waals surface area contributed by atoms with E-state index in [1.54, 1.807) is 0 Å². The fourth-order valence-electron chi connectivity index (χ4n) is 0.754. The van der Waals surface area contributed by atoms with E-state index in [0.717, 1.165) is 12.3 Å². The van der Waals surface area contributed by atoms with Crippen LogP contribution >= 0.6 is 0 Å². The van der Waals surface area contributed by atoms with Gasteiger partial charge >= 0.3 is 16.2 Å². The van der Waals surface area contributed by atoms with Crippen LogP contribution in [0.3, 0.4) is 0 Å². The third-order valence-corrected chi connectivity index (χ3v) is 2.07. The van der Waals surface area contributed by atoms with Crippen molar-refractivity contribution in [2.75, 3.05) is 0 Å². The van der Waals surface area contributed by atoms with E-state index in [9.17, 15) is 13.2 Å². The molecule has 1 rings (SSSR count). The summed E-state index contributed by atoms with van der Waals surface area (Å²) in [7, 11) is -4.00. The summed E-state index contributed by atoms with van der Waals surface area (Å²) in [5.74, 6) is -1.34. The normalized spacial score (nSPS) is 11.4. The highest BCUT2D eigenvalue weighted by atomic mass is 32.2. The molecule has 1 aromatic heterocycles. The van der Waals surface area contributed by atoms with E-state index in [0.29, 0.717) is 3.97 Å². The molecule has 0 aliphatic heterocycles. The zero-order chi connectivity index (χ0) is 9.35. The Bertz CT molecular complexity index is 405. The van der Waals surface area contributed by atoms with E-state index in [2.05, 4.69) is 0 Å². The molecule has 1 heterocycles. The lowest BCUT2D eigenvalue weighted by Crippen LogP contribution is -2.24. The fraction of sp³-hybridized carbons (Fsp3) is 0. The van der Waals surface area contributed by atoms with Crippen molar-refractivity contribution in [2.45, 2.75) is 0 Å². The van der Waals surface area contributed by atoms with Crippen molar-refractivity contribution >= 4 is 16.2 Å². The molecule has 0 aliphatic rings. The van der Waals surface area contributed by atoms with Crippen LogP contribution in [0, 0.1) is 0 Å². The van der Waals surface area contributed by atoms with Crippen molar-refractivity contribution in [3.05, 3.63) is 24.0 Å². The Morgan fingerprint density at radius 2 is 2.17 bits per heavy atom. The van der Waals surface area contributed by atoms with E-state index in [4.69, 9.17) is 10.2 Å². The van der Waals surface area contributed by atoms with Gasteiger partial charge in [0.1, 0.15) is 5.69 Å². The third-order valence-electron chi connectivity index (χ3n) is 1.21. The first-order chi connectivity index (χ1) is 5.43. The Balaban J connectivity index is 3.36. The lowest BCUT2D eigenvalue weighted by atomic mass is 10.4. The zero-order valence-corrected chi connectivity index (χ0v) is 6.65. The largest absolute Gasteiger partial charge is 0.477 e. The Morgan fingerprint density at radius 3 is 2.50 bits per heavy atom. The maximum Gasteiger partial charge on any atom is 0.353 e. The van der Waals surface area contributed by atoms with Gasteiger partial charge in [0, 0.05) is 6.20 Å². The minimum absolute atomic E-state index is 0.377. The van der Waals surface area contributed by atoms with Crippen LogP contribution in [0.2, 0.25) is 0 Å². The molecule has 6 nitrogen and oxygen atoms in total. The van der Waals surface area contributed by atoms with E-state index in [1.807, 2.05) is 0 Å². The molecule has 1 aromatic rings. The summed E-state index contributed by atoms with van der Waals surface area (Å²) in [6.07, 6.45) is 1.07. The van der Waals surface area contributed by atoms with Crippen LogP contribution in [0.5, 0.6) is 0 Å². The second-order valence-corrected chi connectivity index (χ2v) is 3.46. The van der Waals surface area contributed by atoms with Gasteiger partial charge in [0.25, 0.3) is 0 Å². The van der Waals surface area contributed by atoms with Gasteiger partial charge in [0.15, 0.2) is 0 Å². The predicted octanol–water partition coefficient (Wildman–Crippen LogP) is -0.762. The van der Waals surface area contributed by atoms with Crippen molar-refractivity contribution in [1.82, 2.24) is 3.97 Å². The number of rotatable bonds is 2. The Kier molecular flexibility index (Phi) is 1.90. The topological polar surface area (TPSA) is 102 Å². The third kappa shape index (κ3) is 1.46. The lowest BCUT2D eigenvalue weighted by molar-refractivity contribution is 0.0689. The SMILES string of the molecule is NS(=O)(=O)n1cccc1C(=O)O. The number of carboxylic acids is 1. The minimum atomic E-state index is -4.00. The van der Waals surface area contributed by atoms with Crippen molar-refractivity contribution in [3.8, 4) is 0 Å². The minimum Gasteiger partial charge on any atom is -0.477 e. The van der Waals surface area contributed by atoms with Crippen LogP contribution in [0.1, 0.15) is 10.5 Å². The van der Waals surface area contributed by atoms with Crippen LogP contribution in [0.25, 0.3) is 0 Å². The molecular weight excluding hydrogens is 184 g/mol. The first-order valence-corrected chi connectivity index (χ1v) is 4.37. The lowest BCUT2D eigenvalue weighted by Gasteiger charge is -2.00. The van der Waals surface area contributed by atoms with Gasteiger partial charge in [-0.1, -0.05) is 0 Å². The van der Waals surface area contributed by atoms with Crippen molar-refractivity contribution < 1.29 is 18.3 Å². The van der Waals surface area contributed by atoms with Crippen molar-refractivity contribution in [2.24, 2.45) is 5.14 Å². The molecule has 66 valence electrons. The number of aromatic nitrogens is 1. The molecule has 0 aromatic carbocycles. The number of hydrogen-bond donors (Lipinski definition) is 2. The molecule has 0 spiro atoms. The highest BCUT2D eigenvalue weighted by Crippen LogP contribution is 2.03. The summed E-state index contributed by atoms with van der Waals surface area (Å²) in [6, 6.07) is 2.43. The van der Waals surface area contributed by atoms with E-state index < -0.39 is 16.2 Å². The number of nitrogens with zero attached hydrogens (tertiary/aromatic N) is 1. The molecule has 0 saturated heterocycles. The molecular formula is C5H6N2O4S. The van der Waals surface area contributed by atoms with Gasteiger partial charge < -0.3 is 5.11 Å². The van der Waals surface area contributed by atoms with Crippen LogP contribution in [0.15, 0.2) is 18.3 Å². The Hall–Kier alpha value is -1.34. The second-order valence-electron chi connectivity index (χ2n) is 2.04. The van der Waals surface area contributed by atoms with Crippen molar-refractivity contribution in [1.29, 1.82) is 0 Å². The molecule has 0 bridgehead atoms. The number of carbonyl (C=O) groups is 1. The van der Waals surface area contributed by atoms with Gasteiger partial charge in [-0.2, -0.15) is 8.42 Å². The maximum absolute atomic E-state index is 10.7. The summed E-state index contributed by atoms with van der Waals surface area (Å²) in [5.41, 5.74) is -0.377. The predicted molar refractivity (Wildman–Crippen MR) is 39.9 cm³/mol. The summed E-state index contributed by atoms with van der Waals surface area (Å²) in [5, 5.41) is 13.2. The van der Waals surface area contributed by atoms with E-state index in [1.165, 1.54) is 6.07 Å². The standard InChI is InChI=1S/C5H6N2O4S/c6-12(10,11)7-3-1-2-4(7)5(8)9/h1-3H,(H,8,9)(H2,6,10,11). The van der Waals surface area contributed by atoms with Crippen LogP contribution in [0.4, 0.5) is 0 Å². The average Bonchev–Trinajstić information content (AvgIpc) is 2.30. The molecule has 0 atom stereocenters. The molecule has 12 heavy (non-hydrogen) atoms. The van der Waals surface area contributed by atoms with Gasteiger partial charge in [-0.15, -0.1) is 0 Å². The van der Waals surface area contributed by atoms with E-state index >= 15 is 0 Å². The molecule has 0 radical (unpaired) electrons. The van der Waals surface area contributed by atoms with Crippen LogP contribution < -0.4 is 5.14 Å². The molecule has 3 N–H and O–H groups in total. The number of carboxylic acid groups (broad SMARTS) is 1. The van der Waals surface area contributed by atoms with Gasteiger partial charge in [-0.25, -0.2) is 13.9 Å². The summed E-state index contributed by atoms with van der Waals surface area (Å²) in [6.45, 7) is 0. The summed E-state index contributed by atoms with van der Waals surface area (Å²) >= 11 is 0. The maximum atomic E-state index is 10.7. The average molecular weight is 190 g/mol. The summed E-state index contributed by atoms with van der Waals surface area (Å²) in [4.78, 5) is 10.4. The van der Waals surface area contributed by atoms with Crippen LogP contribution in [-0.2, 0) is 10.2 Å². The number of nitrogens with two attached hydrogens (primary N) is 1. The quantitative estimate of drug-likeness (QED) is 0.639. The molecule has 7 heteroatoms. The monoisotopic (exact) mass is 190 g/mol. The molecule has 0 unspecified atom stereocenters. The first kappa shape index (κ1) is 8.75. The first-order valence-electron chi connectivity index (χ1n) is 2.87. The highest BCUT2D eigenvalue weighted by Gasteiger charge is 2.15. The van der Waals surface area contributed by atoms with Crippen LogP contribution in [-0.4, -0.2) is 23.5 Å². The summed E-state index contributed by atoms with van der Waals surface area (Å²) < 4.78 is 21.9. The van der Waals surface area contributed by atoms with Crippen molar-refractivity contribution in [3.63, 3.8) is 0 Å². The van der Waals surface area contributed by atoms with E-state index in [-0.39, 0.29) is 5.69 Å². The van der Waals surface area contributed by atoms with Gasteiger partial charge in [0.2, 0.25) is 0 Å². The molecule has 0 aliphatic carbocycles. The number of hydrogen-bond acceptors (Lipinski definition) is 3. The fourth-order valence-corrected chi connectivity index (χ4v) is 1.41. The van der Waals surface area contributed by atoms with Gasteiger partial charge in [0.05, 0.1) is 0 Å². The molecule has 0 fully saturated rings. The van der Waals surface area contributed by atoms with Gasteiger partial charge in [-0.3, -0.25) is 0 Å².